The van der Waals surface area contributed by atoms with E-state index in [1.165, 1.54) is 49.1 Å². The Morgan fingerprint density at radius 1 is 1.19 bits per heavy atom. The van der Waals surface area contributed by atoms with Gasteiger partial charge in [0.2, 0.25) is 0 Å². The van der Waals surface area contributed by atoms with E-state index in [0.29, 0.717) is 18.7 Å². The van der Waals surface area contributed by atoms with Gasteiger partial charge in [-0.15, -0.1) is 0 Å². The minimum Gasteiger partial charge on any atom is -0.488 e. The number of carbonyl (C=O) groups is 1. The molecule has 0 radical (unpaired) electrons. The summed E-state index contributed by atoms with van der Waals surface area (Å²) in [7, 11) is -2.26. The number of aliphatic hydroxyl groups excluding tert-OH is 1. The van der Waals surface area contributed by atoms with Gasteiger partial charge in [0.05, 0.1) is 23.8 Å². The number of halogens is 3. The van der Waals surface area contributed by atoms with Crippen molar-refractivity contribution in [3.8, 4) is 5.75 Å². The lowest BCUT2D eigenvalue weighted by molar-refractivity contribution is -0.137. The molecule has 10 nitrogen and oxygen atoms in total. The van der Waals surface area contributed by atoms with E-state index in [4.69, 9.17) is 9.26 Å². The summed E-state index contributed by atoms with van der Waals surface area (Å²) in [6.07, 6.45) is -4.87. The van der Waals surface area contributed by atoms with Gasteiger partial charge in [0.15, 0.2) is 10.7 Å². The molecule has 2 heterocycles. The number of aliphatic hydroxyl groups is 1. The van der Waals surface area contributed by atoms with Crippen molar-refractivity contribution < 1.29 is 40.8 Å². The first-order chi connectivity index (χ1) is 20.1. The van der Waals surface area contributed by atoms with Crippen molar-refractivity contribution in [2.45, 2.75) is 57.5 Å². The number of sulfonamides is 1. The van der Waals surface area contributed by atoms with Crippen LogP contribution < -0.4 is 9.46 Å². The Kier molecular flexibility index (Phi) is 9.42. The van der Waals surface area contributed by atoms with E-state index in [-0.39, 0.29) is 52.4 Å². The molecule has 14 heteroatoms. The Bertz CT molecular complexity index is 1540. The van der Waals surface area contributed by atoms with Crippen LogP contribution in [0.5, 0.6) is 5.75 Å². The normalized spacial score (nSPS) is 18.6. The highest BCUT2D eigenvalue weighted by Crippen LogP contribution is 2.33. The van der Waals surface area contributed by atoms with E-state index < -0.39 is 39.8 Å². The fourth-order valence-corrected chi connectivity index (χ4v) is 6.43. The van der Waals surface area contributed by atoms with E-state index in [2.05, 4.69) is 9.88 Å². The lowest BCUT2D eigenvalue weighted by Crippen LogP contribution is -2.49. The summed E-state index contributed by atoms with van der Waals surface area (Å²) in [5.41, 5.74) is 0.397. The molecule has 2 aromatic carbocycles. The molecule has 3 atom stereocenters. The van der Waals surface area contributed by atoms with Crippen molar-refractivity contribution in [1.29, 1.82) is 0 Å². The van der Waals surface area contributed by atoms with Crippen molar-refractivity contribution >= 4 is 21.6 Å². The predicted molar refractivity (Wildman–Crippen MR) is 152 cm³/mol. The maximum Gasteiger partial charge on any atom is 0.416 e. The molecule has 0 saturated carbocycles. The SMILES string of the molecule is Cc1noc(C)c1S(=O)(=O)Nc1ccc2c(c1)C(=O)N([C@H](C)CO)C[C@H](C)[C@@H](CN(C)Cc1ccc(C(F)(F)F)cc1)O2. The van der Waals surface area contributed by atoms with Crippen LogP contribution in [-0.4, -0.2) is 73.3 Å². The lowest BCUT2D eigenvalue weighted by Gasteiger charge is -2.38. The van der Waals surface area contributed by atoms with Gasteiger partial charge in [-0.3, -0.25) is 14.4 Å². The fraction of sp³-hybridized carbons (Fsp3) is 0.448. The molecule has 4 rings (SSSR count). The number of aromatic nitrogens is 1. The van der Waals surface area contributed by atoms with E-state index in [1.54, 1.807) is 6.92 Å². The highest BCUT2D eigenvalue weighted by Gasteiger charge is 2.34. The highest BCUT2D eigenvalue weighted by molar-refractivity contribution is 7.92. The minimum absolute atomic E-state index is 0.0951. The molecule has 0 aliphatic carbocycles. The van der Waals surface area contributed by atoms with Crippen molar-refractivity contribution in [1.82, 2.24) is 15.0 Å². The zero-order valence-corrected chi connectivity index (χ0v) is 25.3. The van der Waals surface area contributed by atoms with E-state index in [1.807, 2.05) is 18.9 Å². The Hall–Kier alpha value is -3.62. The number of rotatable bonds is 9. The van der Waals surface area contributed by atoms with Gasteiger partial charge < -0.3 is 19.3 Å². The number of carbonyl (C=O) groups excluding carboxylic acids is 1. The van der Waals surface area contributed by atoms with Crippen molar-refractivity contribution in [2.24, 2.45) is 5.92 Å². The molecule has 0 unspecified atom stereocenters. The van der Waals surface area contributed by atoms with Crippen LogP contribution in [-0.2, 0) is 22.7 Å². The molecule has 1 aromatic heterocycles. The number of nitrogens with zero attached hydrogens (tertiary/aromatic N) is 3. The molecular weight excluding hydrogens is 589 g/mol. The summed E-state index contributed by atoms with van der Waals surface area (Å²) < 4.78 is 78.9. The van der Waals surface area contributed by atoms with Gasteiger partial charge in [0.1, 0.15) is 17.5 Å². The number of amides is 1. The van der Waals surface area contributed by atoms with Gasteiger partial charge in [0, 0.05) is 31.2 Å². The van der Waals surface area contributed by atoms with Gasteiger partial charge in [0.25, 0.3) is 15.9 Å². The predicted octanol–water partition coefficient (Wildman–Crippen LogP) is 4.46. The van der Waals surface area contributed by atoms with Crippen LogP contribution in [0.1, 0.15) is 46.8 Å². The third-order valence-electron chi connectivity index (χ3n) is 7.38. The number of hydrogen-bond donors (Lipinski definition) is 2. The van der Waals surface area contributed by atoms with E-state index in [0.717, 1.165) is 12.1 Å². The largest absolute Gasteiger partial charge is 0.488 e. The molecule has 234 valence electrons. The number of fused-ring (bicyclic) bond motifs is 1. The van der Waals surface area contributed by atoms with Crippen LogP contribution in [0.3, 0.4) is 0 Å². The first-order valence-corrected chi connectivity index (χ1v) is 15.1. The second-order valence-electron chi connectivity index (χ2n) is 11.0. The number of ether oxygens (including phenoxy) is 1. The van der Waals surface area contributed by atoms with Crippen molar-refractivity contribution in [3.05, 3.63) is 70.6 Å². The zero-order valence-electron chi connectivity index (χ0n) is 24.5. The first-order valence-electron chi connectivity index (χ1n) is 13.6. The summed E-state index contributed by atoms with van der Waals surface area (Å²) in [5.74, 6) is -0.270. The number of aryl methyl sites for hydroxylation is 2. The Labute approximate surface area is 248 Å². The average Bonchev–Trinajstić information content (AvgIpc) is 3.28. The average molecular weight is 625 g/mol. The third-order valence-corrected chi connectivity index (χ3v) is 9.00. The van der Waals surface area contributed by atoms with Crippen molar-refractivity contribution in [2.75, 3.05) is 31.5 Å². The lowest BCUT2D eigenvalue weighted by atomic mass is 9.99. The number of alkyl halides is 3. The van der Waals surface area contributed by atoms with Gasteiger partial charge in [-0.25, -0.2) is 8.42 Å². The highest BCUT2D eigenvalue weighted by atomic mass is 32.2. The zero-order chi connectivity index (χ0) is 31.7. The molecule has 0 fully saturated rings. The summed E-state index contributed by atoms with van der Waals surface area (Å²) in [6.45, 7) is 7.30. The fourth-order valence-electron chi connectivity index (χ4n) is 5.05. The van der Waals surface area contributed by atoms with Crippen LogP contribution in [0.15, 0.2) is 51.9 Å². The first kappa shape index (κ1) is 32.3. The minimum atomic E-state index is -4.41. The van der Waals surface area contributed by atoms with Crippen LogP contribution in [0.25, 0.3) is 0 Å². The second kappa shape index (κ2) is 12.5. The molecule has 1 aliphatic heterocycles. The van der Waals surface area contributed by atoms with Crippen LogP contribution >= 0.6 is 0 Å². The smallest absolute Gasteiger partial charge is 0.416 e. The quantitative estimate of drug-likeness (QED) is 0.358. The number of anilines is 1. The van der Waals surface area contributed by atoms with Crippen LogP contribution in [0.4, 0.5) is 18.9 Å². The third kappa shape index (κ3) is 7.31. The van der Waals surface area contributed by atoms with E-state index >= 15 is 0 Å². The Morgan fingerprint density at radius 3 is 2.44 bits per heavy atom. The topological polar surface area (TPSA) is 125 Å². The molecule has 2 N–H and O–H groups in total. The maximum absolute atomic E-state index is 13.7. The van der Waals surface area contributed by atoms with Crippen LogP contribution in [0, 0.1) is 19.8 Å². The number of hydrogen-bond acceptors (Lipinski definition) is 8. The molecule has 1 aliphatic rings. The molecule has 1 amide bonds. The Balaban J connectivity index is 1.61. The van der Waals surface area contributed by atoms with E-state index in [9.17, 15) is 31.5 Å². The molecule has 3 aromatic rings. The molecule has 43 heavy (non-hydrogen) atoms. The van der Waals surface area contributed by atoms with Crippen molar-refractivity contribution in [3.63, 3.8) is 0 Å². The summed E-state index contributed by atoms with van der Waals surface area (Å²) >= 11 is 0. The van der Waals surface area contributed by atoms with Gasteiger partial charge >= 0.3 is 6.18 Å². The maximum atomic E-state index is 13.7. The second-order valence-corrected chi connectivity index (χ2v) is 12.6. The number of likely N-dealkylation sites (N-methyl/N-ethyl adjacent to an activating group) is 1. The standard InChI is InChI=1S/C29H35F3N4O6S/c1-17-13-36(18(2)16-37)28(38)24-12-23(34-43(39,40)27-19(3)33-42-20(27)4)10-11-25(24)41-26(17)15-35(5)14-21-6-8-22(9-7-21)29(30,31)32/h6-12,17-18,26,34,37H,13-16H2,1-5H3/t17-,18+,26+/m0/s1. The van der Waals surface area contributed by atoms with Gasteiger partial charge in [-0.1, -0.05) is 24.2 Å². The monoisotopic (exact) mass is 624 g/mol. The molecule has 0 bridgehead atoms. The Morgan fingerprint density at radius 2 is 1.86 bits per heavy atom. The van der Waals surface area contributed by atoms with Gasteiger partial charge in [-0.2, -0.15) is 13.2 Å². The number of benzene rings is 2. The summed E-state index contributed by atoms with van der Waals surface area (Å²) in [4.78, 5) is 17.0. The summed E-state index contributed by atoms with van der Waals surface area (Å²) in [6, 6.07) is 8.82. The summed E-state index contributed by atoms with van der Waals surface area (Å²) in [5, 5.41) is 13.6. The number of nitrogens with one attached hydrogen (secondary N) is 1. The van der Waals surface area contributed by atoms with Gasteiger partial charge in [-0.05, 0) is 63.7 Å². The molecule has 0 spiro atoms. The van der Waals surface area contributed by atoms with Crippen LogP contribution in [0.2, 0.25) is 0 Å². The molecular formula is C29H35F3N4O6S. The molecule has 0 saturated heterocycles.